The highest BCUT2D eigenvalue weighted by molar-refractivity contribution is 6.30. The zero-order chi connectivity index (χ0) is 23.3. The Hall–Kier alpha value is -2.90. The molecule has 3 atom stereocenters. The van der Waals surface area contributed by atoms with E-state index in [1.165, 1.54) is 6.07 Å². The van der Waals surface area contributed by atoms with Crippen molar-refractivity contribution in [2.45, 2.75) is 51.7 Å². The van der Waals surface area contributed by atoms with Crippen LogP contribution in [0, 0.1) is 19.7 Å². The third-order valence-corrected chi connectivity index (χ3v) is 6.55. The van der Waals surface area contributed by atoms with Crippen molar-refractivity contribution in [3.8, 4) is 11.1 Å². The van der Waals surface area contributed by atoms with Gasteiger partial charge < -0.3 is 4.74 Å². The average molecular weight is 466 g/mol. The van der Waals surface area contributed by atoms with Crippen molar-refractivity contribution < 1.29 is 9.13 Å². The van der Waals surface area contributed by atoms with E-state index in [0.717, 1.165) is 35.5 Å². The zero-order valence-corrected chi connectivity index (χ0v) is 19.8. The predicted molar refractivity (Wildman–Crippen MR) is 126 cm³/mol. The fourth-order valence-corrected chi connectivity index (χ4v) is 4.71. The Morgan fingerprint density at radius 1 is 1.06 bits per heavy atom. The van der Waals surface area contributed by atoms with Crippen LogP contribution in [0.4, 0.5) is 4.39 Å². The highest BCUT2D eigenvalue weighted by Gasteiger charge is 2.31. The minimum absolute atomic E-state index is 0.0491. The van der Waals surface area contributed by atoms with Crippen LogP contribution in [0.3, 0.4) is 0 Å². The SMILES string of the molecule is Cc1nc2nc([C@@H]3C[C@@H](c4cnn(C)c4)O[C@@H](C)C3)cc(-c3ccc(Cl)cc3F)c2nc1C. The number of fused-ring (bicyclic) bond motifs is 1. The zero-order valence-electron chi connectivity index (χ0n) is 19.0. The topological polar surface area (TPSA) is 65.7 Å². The maximum absolute atomic E-state index is 15.0. The van der Waals surface area contributed by atoms with Crippen LogP contribution in [-0.2, 0) is 11.8 Å². The van der Waals surface area contributed by atoms with Crippen molar-refractivity contribution >= 4 is 22.8 Å². The highest BCUT2D eigenvalue weighted by atomic mass is 35.5. The molecule has 3 aromatic heterocycles. The molecule has 0 amide bonds. The van der Waals surface area contributed by atoms with Crippen LogP contribution in [-0.4, -0.2) is 30.8 Å². The molecule has 5 rings (SSSR count). The molecule has 6 nitrogen and oxygen atoms in total. The first kappa shape index (κ1) is 21.9. The number of hydrogen-bond donors (Lipinski definition) is 0. The lowest BCUT2D eigenvalue weighted by atomic mass is 9.86. The fraction of sp³-hybridized carbons (Fsp3) is 0.360. The summed E-state index contributed by atoms with van der Waals surface area (Å²) in [7, 11) is 1.90. The van der Waals surface area contributed by atoms with Crippen molar-refractivity contribution in [3.05, 3.63) is 70.1 Å². The minimum atomic E-state index is -0.394. The summed E-state index contributed by atoms with van der Waals surface area (Å²) in [6.07, 6.45) is 5.38. The van der Waals surface area contributed by atoms with Crippen molar-refractivity contribution in [2.24, 2.45) is 7.05 Å². The Morgan fingerprint density at radius 2 is 1.85 bits per heavy atom. The van der Waals surface area contributed by atoms with E-state index in [1.54, 1.807) is 16.8 Å². The normalized spacial score (nSPS) is 21.0. The van der Waals surface area contributed by atoms with Gasteiger partial charge in [0.25, 0.3) is 0 Å². The van der Waals surface area contributed by atoms with E-state index in [-0.39, 0.29) is 18.1 Å². The molecule has 0 aliphatic carbocycles. The van der Waals surface area contributed by atoms with Gasteiger partial charge in [0.1, 0.15) is 11.3 Å². The third-order valence-electron chi connectivity index (χ3n) is 6.32. The Balaban J connectivity index is 1.64. The molecule has 0 saturated carbocycles. The van der Waals surface area contributed by atoms with Gasteiger partial charge in [-0.1, -0.05) is 11.6 Å². The van der Waals surface area contributed by atoms with Crippen LogP contribution in [0.5, 0.6) is 0 Å². The summed E-state index contributed by atoms with van der Waals surface area (Å²) in [4.78, 5) is 14.3. The number of halogens is 2. The minimum Gasteiger partial charge on any atom is -0.370 e. The van der Waals surface area contributed by atoms with Gasteiger partial charge in [0.05, 0.1) is 29.8 Å². The van der Waals surface area contributed by atoms with Crippen LogP contribution in [0.1, 0.15) is 54.4 Å². The Bertz CT molecular complexity index is 1350. The molecule has 1 aliphatic rings. The maximum Gasteiger partial charge on any atom is 0.179 e. The van der Waals surface area contributed by atoms with Crippen molar-refractivity contribution in [1.29, 1.82) is 0 Å². The fourth-order valence-electron chi connectivity index (χ4n) is 4.55. The summed E-state index contributed by atoms with van der Waals surface area (Å²) in [5, 5.41) is 4.65. The number of pyridine rings is 1. The van der Waals surface area contributed by atoms with Crippen LogP contribution in [0.25, 0.3) is 22.3 Å². The number of ether oxygens (including phenoxy) is 1. The molecule has 1 aliphatic heterocycles. The van der Waals surface area contributed by atoms with E-state index in [0.29, 0.717) is 27.3 Å². The molecule has 4 aromatic rings. The summed E-state index contributed by atoms with van der Waals surface area (Å²) in [6.45, 7) is 5.88. The first-order chi connectivity index (χ1) is 15.8. The average Bonchev–Trinajstić information content (AvgIpc) is 3.20. The van der Waals surface area contributed by atoms with Gasteiger partial charge >= 0.3 is 0 Å². The number of rotatable bonds is 3. The third kappa shape index (κ3) is 4.23. The van der Waals surface area contributed by atoms with Crippen molar-refractivity contribution in [1.82, 2.24) is 24.7 Å². The molecule has 33 heavy (non-hydrogen) atoms. The lowest BCUT2D eigenvalue weighted by Gasteiger charge is -2.33. The smallest absolute Gasteiger partial charge is 0.179 e. The lowest BCUT2D eigenvalue weighted by Crippen LogP contribution is -2.25. The van der Waals surface area contributed by atoms with Gasteiger partial charge in [0.15, 0.2) is 5.65 Å². The molecule has 1 aromatic carbocycles. The van der Waals surface area contributed by atoms with E-state index in [1.807, 2.05) is 39.4 Å². The first-order valence-corrected chi connectivity index (χ1v) is 11.4. The summed E-state index contributed by atoms with van der Waals surface area (Å²) >= 11 is 6.01. The molecule has 0 unspecified atom stereocenters. The second-order valence-electron chi connectivity index (χ2n) is 8.84. The maximum atomic E-state index is 15.0. The van der Waals surface area contributed by atoms with Gasteiger partial charge in [-0.05, 0) is 57.9 Å². The van der Waals surface area contributed by atoms with E-state index < -0.39 is 5.82 Å². The first-order valence-electron chi connectivity index (χ1n) is 11.0. The molecule has 0 radical (unpaired) electrons. The van der Waals surface area contributed by atoms with Gasteiger partial charge in [-0.25, -0.2) is 19.3 Å². The second-order valence-corrected chi connectivity index (χ2v) is 9.27. The molecule has 0 bridgehead atoms. The molecule has 0 N–H and O–H groups in total. The van der Waals surface area contributed by atoms with Crippen LogP contribution in [0.15, 0.2) is 36.7 Å². The lowest BCUT2D eigenvalue weighted by molar-refractivity contribution is -0.0505. The monoisotopic (exact) mass is 465 g/mol. The quantitative estimate of drug-likeness (QED) is 0.379. The van der Waals surface area contributed by atoms with Gasteiger partial charge in [0.2, 0.25) is 0 Å². The molecule has 170 valence electrons. The Morgan fingerprint density at radius 3 is 2.58 bits per heavy atom. The van der Waals surface area contributed by atoms with Crippen LogP contribution < -0.4 is 0 Å². The number of benzene rings is 1. The molecule has 4 heterocycles. The predicted octanol–water partition coefficient (Wildman–Crippen LogP) is 5.86. The van der Waals surface area contributed by atoms with Crippen molar-refractivity contribution in [2.75, 3.05) is 0 Å². The van der Waals surface area contributed by atoms with E-state index in [9.17, 15) is 4.39 Å². The number of aryl methyl sites for hydroxylation is 3. The molecule has 8 heteroatoms. The molecular weight excluding hydrogens is 441 g/mol. The largest absolute Gasteiger partial charge is 0.370 e. The van der Waals surface area contributed by atoms with Gasteiger partial charge in [-0.3, -0.25) is 4.68 Å². The van der Waals surface area contributed by atoms with Crippen LogP contribution in [0.2, 0.25) is 5.02 Å². The second kappa shape index (κ2) is 8.47. The number of hydrogen-bond acceptors (Lipinski definition) is 5. The Labute approximate surface area is 196 Å². The molecule has 1 fully saturated rings. The number of nitrogens with zero attached hydrogens (tertiary/aromatic N) is 5. The molecule has 1 saturated heterocycles. The van der Waals surface area contributed by atoms with Gasteiger partial charge in [-0.15, -0.1) is 0 Å². The van der Waals surface area contributed by atoms with Crippen molar-refractivity contribution in [3.63, 3.8) is 0 Å². The standard InChI is InChI=1S/C25H25ClFN5O/c1-13-7-16(8-23(33-13)17-11-28-32(4)12-17)22-10-20(19-6-5-18(26)9-21(19)27)24-25(31-22)30-15(3)14(2)29-24/h5-6,9-13,16,23H,7-8H2,1-4H3/t13-,16-,23-/m0/s1. The molecule has 0 spiro atoms. The summed E-state index contributed by atoms with van der Waals surface area (Å²) < 4.78 is 23.0. The van der Waals surface area contributed by atoms with E-state index >= 15 is 0 Å². The summed E-state index contributed by atoms with van der Waals surface area (Å²) in [5.41, 5.74) is 5.75. The summed E-state index contributed by atoms with van der Waals surface area (Å²) in [6, 6.07) is 6.67. The van der Waals surface area contributed by atoms with Gasteiger partial charge in [0, 0.05) is 46.6 Å². The van der Waals surface area contributed by atoms with E-state index in [2.05, 4.69) is 12.0 Å². The van der Waals surface area contributed by atoms with E-state index in [4.69, 9.17) is 31.3 Å². The summed E-state index contributed by atoms with van der Waals surface area (Å²) in [5.74, 6) is -0.268. The van der Waals surface area contributed by atoms with Gasteiger partial charge in [-0.2, -0.15) is 5.10 Å². The van der Waals surface area contributed by atoms with Crippen LogP contribution >= 0.6 is 11.6 Å². The Kier molecular flexibility index (Phi) is 5.62. The number of aromatic nitrogens is 5. The molecular formula is C25H25ClFN5O. The highest BCUT2D eigenvalue weighted by Crippen LogP contribution is 2.41.